The van der Waals surface area contributed by atoms with Crippen molar-refractivity contribution in [2.24, 2.45) is 0 Å². The van der Waals surface area contributed by atoms with Crippen LogP contribution in [0.15, 0.2) is 54.6 Å². The molecule has 0 amide bonds. The lowest BCUT2D eigenvalue weighted by atomic mass is 9.98. The van der Waals surface area contributed by atoms with E-state index in [1.54, 1.807) is 6.07 Å². The molecule has 2 aromatic carbocycles. The number of pyridine rings is 1. The molecule has 3 nitrogen and oxygen atoms in total. The lowest BCUT2D eigenvalue weighted by molar-refractivity contribution is 0.0526. The van der Waals surface area contributed by atoms with Gasteiger partial charge in [0.2, 0.25) is 0 Å². The average molecular weight is 291 g/mol. The second-order valence-electron chi connectivity index (χ2n) is 5.13. The van der Waals surface area contributed by atoms with Crippen LogP contribution in [0.3, 0.4) is 0 Å². The Morgan fingerprint density at radius 2 is 1.91 bits per heavy atom. The number of fused-ring (bicyclic) bond motifs is 1. The normalized spacial score (nSPS) is 10.6. The molecule has 110 valence electrons. The summed E-state index contributed by atoms with van der Waals surface area (Å²) in [4.78, 5) is 16.5. The van der Waals surface area contributed by atoms with Crippen LogP contribution in [0, 0.1) is 6.92 Å². The molecule has 1 aromatic heterocycles. The first-order valence-electron chi connectivity index (χ1n) is 7.33. The molecule has 1 heterocycles. The Bertz CT molecular complexity index is 840. The number of carbonyl (C=O) groups is 1. The summed E-state index contributed by atoms with van der Waals surface area (Å²) >= 11 is 0. The number of para-hydroxylation sites is 1. The fourth-order valence-corrected chi connectivity index (χ4v) is 2.57. The van der Waals surface area contributed by atoms with Gasteiger partial charge in [-0.2, -0.15) is 0 Å². The van der Waals surface area contributed by atoms with Crippen LogP contribution in [0.25, 0.3) is 22.0 Å². The zero-order valence-electron chi connectivity index (χ0n) is 12.7. The number of ether oxygens (including phenoxy) is 1. The molecule has 22 heavy (non-hydrogen) atoms. The number of hydrogen-bond donors (Lipinski definition) is 0. The molecule has 0 radical (unpaired) electrons. The van der Waals surface area contributed by atoms with Gasteiger partial charge in [0.05, 0.1) is 17.7 Å². The molecule has 3 rings (SSSR count). The third-order valence-corrected chi connectivity index (χ3v) is 3.53. The van der Waals surface area contributed by atoms with E-state index >= 15 is 0 Å². The van der Waals surface area contributed by atoms with Gasteiger partial charge < -0.3 is 4.74 Å². The van der Waals surface area contributed by atoms with Gasteiger partial charge in [-0.15, -0.1) is 0 Å². The van der Waals surface area contributed by atoms with Crippen molar-refractivity contribution < 1.29 is 9.53 Å². The van der Waals surface area contributed by atoms with Gasteiger partial charge in [0.1, 0.15) is 0 Å². The highest BCUT2D eigenvalue weighted by atomic mass is 16.5. The number of hydrogen-bond acceptors (Lipinski definition) is 3. The summed E-state index contributed by atoms with van der Waals surface area (Å²) in [5.41, 5.74) is 4.55. The first-order valence-corrected chi connectivity index (χ1v) is 7.33. The lowest BCUT2D eigenvalue weighted by Crippen LogP contribution is -2.04. The SMILES string of the molecule is CCOC(=O)c1cccc(-c2cc(C)nc3ccccc23)c1. The van der Waals surface area contributed by atoms with Crippen molar-refractivity contribution in [1.29, 1.82) is 0 Å². The molecule has 0 bridgehead atoms. The first-order chi connectivity index (χ1) is 10.7. The molecule has 0 aliphatic carbocycles. The van der Waals surface area contributed by atoms with Gasteiger partial charge in [-0.25, -0.2) is 4.79 Å². The number of rotatable bonds is 3. The number of benzene rings is 2. The van der Waals surface area contributed by atoms with Crippen LogP contribution < -0.4 is 0 Å². The Balaban J connectivity index is 2.15. The highest BCUT2D eigenvalue weighted by Crippen LogP contribution is 2.29. The van der Waals surface area contributed by atoms with Gasteiger partial charge in [-0.05, 0) is 49.2 Å². The molecule has 0 N–H and O–H groups in total. The maximum atomic E-state index is 11.9. The van der Waals surface area contributed by atoms with Crippen molar-refractivity contribution in [2.45, 2.75) is 13.8 Å². The molecule has 0 unspecified atom stereocenters. The minimum Gasteiger partial charge on any atom is -0.462 e. The minimum absolute atomic E-state index is 0.292. The zero-order valence-corrected chi connectivity index (χ0v) is 12.7. The van der Waals surface area contributed by atoms with Crippen LogP contribution in [0.4, 0.5) is 0 Å². The second-order valence-corrected chi connectivity index (χ2v) is 5.13. The van der Waals surface area contributed by atoms with Crippen LogP contribution in [0.5, 0.6) is 0 Å². The van der Waals surface area contributed by atoms with Gasteiger partial charge in [0.15, 0.2) is 0 Å². The van der Waals surface area contributed by atoms with Gasteiger partial charge in [-0.3, -0.25) is 4.98 Å². The first kappa shape index (κ1) is 14.3. The molecule has 0 aliphatic heterocycles. The molecule has 3 heteroatoms. The summed E-state index contributed by atoms with van der Waals surface area (Å²) < 4.78 is 5.08. The third-order valence-electron chi connectivity index (χ3n) is 3.53. The monoisotopic (exact) mass is 291 g/mol. The van der Waals surface area contributed by atoms with Crippen molar-refractivity contribution in [1.82, 2.24) is 4.98 Å². The van der Waals surface area contributed by atoms with Crippen LogP contribution in [-0.2, 0) is 4.74 Å². The van der Waals surface area contributed by atoms with Crippen LogP contribution in [-0.4, -0.2) is 17.6 Å². The fraction of sp³-hybridized carbons (Fsp3) is 0.158. The summed E-state index contributed by atoms with van der Waals surface area (Å²) in [6.07, 6.45) is 0. The molecule has 0 saturated carbocycles. The fourth-order valence-electron chi connectivity index (χ4n) is 2.57. The Morgan fingerprint density at radius 3 is 2.73 bits per heavy atom. The Kier molecular flexibility index (Phi) is 3.88. The van der Waals surface area contributed by atoms with Crippen molar-refractivity contribution in [3.05, 3.63) is 65.9 Å². The van der Waals surface area contributed by atoms with E-state index < -0.39 is 0 Å². The largest absolute Gasteiger partial charge is 0.462 e. The van der Waals surface area contributed by atoms with E-state index in [-0.39, 0.29) is 5.97 Å². The molecule has 3 aromatic rings. The highest BCUT2D eigenvalue weighted by molar-refractivity contribution is 5.97. The topological polar surface area (TPSA) is 39.2 Å². The number of aromatic nitrogens is 1. The minimum atomic E-state index is -0.292. The lowest BCUT2D eigenvalue weighted by Gasteiger charge is -2.09. The second kappa shape index (κ2) is 5.98. The summed E-state index contributed by atoms with van der Waals surface area (Å²) in [6, 6.07) is 17.6. The van der Waals surface area contributed by atoms with Crippen molar-refractivity contribution >= 4 is 16.9 Å². The van der Waals surface area contributed by atoms with E-state index in [0.717, 1.165) is 27.7 Å². The van der Waals surface area contributed by atoms with E-state index in [2.05, 4.69) is 4.98 Å². The average Bonchev–Trinajstić information content (AvgIpc) is 2.54. The molecule has 0 spiro atoms. The summed E-state index contributed by atoms with van der Waals surface area (Å²) in [5.74, 6) is -0.292. The Morgan fingerprint density at radius 1 is 1.09 bits per heavy atom. The predicted molar refractivity (Wildman–Crippen MR) is 87.9 cm³/mol. The number of nitrogens with zero attached hydrogens (tertiary/aromatic N) is 1. The maximum absolute atomic E-state index is 11.9. The zero-order chi connectivity index (χ0) is 15.5. The third kappa shape index (κ3) is 2.70. The van der Waals surface area contributed by atoms with Gasteiger partial charge in [0, 0.05) is 11.1 Å². The summed E-state index contributed by atoms with van der Waals surface area (Å²) in [5, 5.41) is 1.08. The van der Waals surface area contributed by atoms with Crippen LogP contribution in [0.1, 0.15) is 23.0 Å². The standard InChI is InChI=1S/C19H17NO2/c1-3-22-19(21)15-8-6-7-14(12-15)17-11-13(2)20-18-10-5-4-9-16(17)18/h4-12H,3H2,1-2H3. The van der Waals surface area contributed by atoms with E-state index in [4.69, 9.17) is 4.74 Å². The van der Waals surface area contributed by atoms with E-state index in [0.29, 0.717) is 12.2 Å². The Labute approximate surface area is 129 Å². The van der Waals surface area contributed by atoms with Gasteiger partial charge in [-0.1, -0.05) is 30.3 Å². The molecular formula is C19H17NO2. The molecular weight excluding hydrogens is 274 g/mol. The molecule has 0 saturated heterocycles. The highest BCUT2D eigenvalue weighted by Gasteiger charge is 2.10. The number of esters is 1. The quantitative estimate of drug-likeness (QED) is 0.672. The van der Waals surface area contributed by atoms with Gasteiger partial charge in [0.25, 0.3) is 0 Å². The predicted octanol–water partition coefficient (Wildman–Crippen LogP) is 4.39. The maximum Gasteiger partial charge on any atom is 0.338 e. The molecule has 0 aliphatic rings. The number of aryl methyl sites for hydroxylation is 1. The molecule has 0 fully saturated rings. The summed E-state index contributed by atoms with van der Waals surface area (Å²) in [7, 11) is 0. The van der Waals surface area contributed by atoms with Crippen molar-refractivity contribution in [3.8, 4) is 11.1 Å². The van der Waals surface area contributed by atoms with Crippen LogP contribution >= 0.6 is 0 Å². The van der Waals surface area contributed by atoms with E-state index in [9.17, 15) is 4.79 Å². The van der Waals surface area contributed by atoms with Crippen molar-refractivity contribution in [2.75, 3.05) is 6.61 Å². The number of carbonyl (C=O) groups excluding carboxylic acids is 1. The molecule has 0 atom stereocenters. The van der Waals surface area contributed by atoms with E-state index in [1.165, 1.54) is 0 Å². The summed E-state index contributed by atoms with van der Waals surface area (Å²) in [6.45, 7) is 4.16. The van der Waals surface area contributed by atoms with Gasteiger partial charge >= 0.3 is 5.97 Å². The Hall–Kier alpha value is -2.68. The van der Waals surface area contributed by atoms with E-state index in [1.807, 2.05) is 62.4 Å². The van der Waals surface area contributed by atoms with Crippen LogP contribution in [0.2, 0.25) is 0 Å². The smallest absolute Gasteiger partial charge is 0.338 e. The van der Waals surface area contributed by atoms with Crippen molar-refractivity contribution in [3.63, 3.8) is 0 Å².